The molecule has 0 aliphatic carbocycles. The van der Waals surface area contributed by atoms with Crippen molar-refractivity contribution in [3.8, 4) is 5.75 Å². The lowest BCUT2D eigenvalue weighted by molar-refractivity contribution is 0.234. The minimum absolute atomic E-state index is 0.116. The lowest BCUT2D eigenvalue weighted by Gasteiger charge is -2.14. The highest BCUT2D eigenvalue weighted by Gasteiger charge is 2.07. The molecule has 0 radical (unpaired) electrons. The van der Waals surface area contributed by atoms with Gasteiger partial charge in [0, 0.05) is 10.2 Å². The fourth-order valence-electron chi connectivity index (χ4n) is 2.06. The van der Waals surface area contributed by atoms with Crippen molar-refractivity contribution in [2.24, 2.45) is 0 Å². The molecule has 2 aromatic carbocycles. The Kier molecular flexibility index (Phi) is 5.44. The zero-order chi connectivity index (χ0) is 16.1. The van der Waals surface area contributed by atoms with Gasteiger partial charge in [0.2, 0.25) is 0 Å². The second-order valence-corrected chi connectivity index (χ2v) is 6.00. The van der Waals surface area contributed by atoms with Gasteiger partial charge < -0.3 is 15.4 Å². The first-order chi connectivity index (χ1) is 10.5. The summed E-state index contributed by atoms with van der Waals surface area (Å²) in [6, 6.07) is 11.2. The largest absolute Gasteiger partial charge is 0.473 e. The first-order valence-corrected chi connectivity index (χ1v) is 7.76. The van der Waals surface area contributed by atoms with Crippen molar-refractivity contribution in [3.05, 3.63) is 57.6 Å². The van der Waals surface area contributed by atoms with Crippen LogP contribution in [-0.2, 0) is 0 Å². The molecule has 116 valence electrons. The van der Waals surface area contributed by atoms with E-state index in [4.69, 9.17) is 4.74 Å². The van der Waals surface area contributed by atoms with E-state index in [9.17, 15) is 4.79 Å². The molecule has 22 heavy (non-hydrogen) atoms. The third kappa shape index (κ3) is 4.24. The maximum absolute atomic E-state index is 11.8. The Morgan fingerprint density at radius 2 is 1.86 bits per heavy atom. The smallest absolute Gasteiger partial charge is 0.321 e. The van der Waals surface area contributed by atoms with Gasteiger partial charge in [-0.25, -0.2) is 4.79 Å². The SMILES string of the molecule is Cc1ccc(C)c(OCNC(=O)Nc2cccc(Br)c2)c1C. The molecule has 0 fully saturated rings. The van der Waals surface area contributed by atoms with Crippen LogP contribution < -0.4 is 15.4 Å². The van der Waals surface area contributed by atoms with Gasteiger partial charge in [-0.1, -0.05) is 34.1 Å². The van der Waals surface area contributed by atoms with E-state index in [1.807, 2.05) is 51.1 Å². The predicted molar refractivity (Wildman–Crippen MR) is 92.4 cm³/mol. The molecule has 0 aliphatic rings. The molecule has 2 N–H and O–H groups in total. The molecule has 0 aliphatic heterocycles. The van der Waals surface area contributed by atoms with E-state index in [1.165, 1.54) is 5.56 Å². The van der Waals surface area contributed by atoms with Crippen molar-refractivity contribution in [2.45, 2.75) is 20.8 Å². The molecule has 0 aromatic heterocycles. The molecule has 0 saturated heterocycles. The molecular formula is C17H19BrN2O2. The van der Waals surface area contributed by atoms with Crippen LogP contribution in [0.4, 0.5) is 10.5 Å². The lowest BCUT2D eigenvalue weighted by Crippen LogP contribution is -2.32. The van der Waals surface area contributed by atoms with E-state index < -0.39 is 0 Å². The summed E-state index contributed by atoms with van der Waals surface area (Å²) in [7, 11) is 0. The van der Waals surface area contributed by atoms with Gasteiger partial charge in [-0.3, -0.25) is 0 Å². The van der Waals surface area contributed by atoms with Crippen LogP contribution in [0, 0.1) is 20.8 Å². The average molecular weight is 363 g/mol. The highest BCUT2D eigenvalue weighted by molar-refractivity contribution is 9.10. The monoisotopic (exact) mass is 362 g/mol. The van der Waals surface area contributed by atoms with Crippen LogP contribution in [0.1, 0.15) is 16.7 Å². The highest BCUT2D eigenvalue weighted by Crippen LogP contribution is 2.25. The van der Waals surface area contributed by atoms with Crippen LogP contribution in [-0.4, -0.2) is 12.8 Å². The number of nitrogens with one attached hydrogen (secondary N) is 2. The topological polar surface area (TPSA) is 50.4 Å². The number of hydrogen-bond donors (Lipinski definition) is 2. The summed E-state index contributed by atoms with van der Waals surface area (Å²) in [6.45, 7) is 6.16. The summed E-state index contributed by atoms with van der Waals surface area (Å²) in [5.41, 5.74) is 4.03. The Bertz CT molecular complexity index is 686. The number of anilines is 1. The quantitative estimate of drug-likeness (QED) is 0.784. The zero-order valence-corrected chi connectivity index (χ0v) is 14.5. The van der Waals surface area contributed by atoms with Crippen molar-refractivity contribution < 1.29 is 9.53 Å². The number of benzene rings is 2. The van der Waals surface area contributed by atoms with Crippen LogP contribution in [0.2, 0.25) is 0 Å². The Morgan fingerprint density at radius 1 is 1.14 bits per heavy atom. The van der Waals surface area contributed by atoms with E-state index in [0.29, 0.717) is 0 Å². The van der Waals surface area contributed by atoms with Gasteiger partial charge in [0.15, 0.2) is 6.73 Å². The number of hydrogen-bond acceptors (Lipinski definition) is 2. The van der Waals surface area contributed by atoms with Crippen molar-refractivity contribution >= 4 is 27.6 Å². The van der Waals surface area contributed by atoms with E-state index in [1.54, 1.807) is 0 Å². The fraction of sp³-hybridized carbons (Fsp3) is 0.235. The molecule has 0 heterocycles. The van der Waals surface area contributed by atoms with E-state index in [2.05, 4.69) is 32.6 Å². The Morgan fingerprint density at radius 3 is 2.59 bits per heavy atom. The first kappa shape index (κ1) is 16.4. The van der Waals surface area contributed by atoms with Gasteiger partial charge in [0.1, 0.15) is 5.75 Å². The van der Waals surface area contributed by atoms with Gasteiger partial charge in [-0.05, 0) is 55.7 Å². The molecule has 4 nitrogen and oxygen atoms in total. The molecule has 0 bridgehead atoms. The Hall–Kier alpha value is -2.01. The summed E-state index contributed by atoms with van der Waals surface area (Å²) in [5.74, 6) is 0.822. The van der Waals surface area contributed by atoms with Crippen LogP contribution in [0.5, 0.6) is 5.75 Å². The molecule has 0 unspecified atom stereocenters. The van der Waals surface area contributed by atoms with Crippen LogP contribution in [0.25, 0.3) is 0 Å². The number of rotatable bonds is 4. The molecule has 0 saturated carbocycles. The lowest BCUT2D eigenvalue weighted by atomic mass is 10.1. The first-order valence-electron chi connectivity index (χ1n) is 6.97. The van der Waals surface area contributed by atoms with E-state index in [-0.39, 0.29) is 12.8 Å². The van der Waals surface area contributed by atoms with Gasteiger partial charge in [-0.15, -0.1) is 0 Å². The normalized spacial score (nSPS) is 10.2. The number of urea groups is 1. The highest BCUT2D eigenvalue weighted by atomic mass is 79.9. The maximum Gasteiger partial charge on any atom is 0.321 e. The summed E-state index contributed by atoms with van der Waals surface area (Å²) in [6.07, 6.45) is 0. The van der Waals surface area contributed by atoms with Crippen LogP contribution >= 0.6 is 15.9 Å². The number of carbonyl (C=O) groups excluding carboxylic acids is 1. The number of carbonyl (C=O) groups is 1. The van der Waals surface area contributed by atoms with Crippen LogP contribution in [0.3, 0.4) is 0 Å². The third-order valence-electron chi connectivity index (χ3n) is 3.41. The van der Waals surface area contributed by atoms with Crippen LogP contribution in [0.15, 0.2) is 40.9 Å². The van der Waals surface area contributed by atoms with Crippen molar-refractivity contribution in [1.82, 2.24) is 5.32 Å². The van der Waals surface area contributed by atoms with Crippen molar-refractivity contribution in [3.63, 3.8) is 0 Å². The fourth-order valence-corrected chi connectivity index (χ4v) is 2.46. The molecule has 2 rings (SSSR count). The minimum atomic E-state index is -0.305. The summed E-state index contributed by atoms with van der Waals surface area (Å²) < 4.78 is 6.61. The Balaban J connectivity index is 1.89. The molecular weight excluding hydrogens is 344 g/mol. The molecule has 2 amide bonds. The summed E-state index contributed by atoms with van der Waals surface area (Å²) in [5, 5.41) is 5.43. The predicted octanol–water partition coefficient (Wildman–Crippen LogP) is 4.53. The van der Waals surface area contributed by atoms with Gasteiger partial charge in [0.25, 0.3) is 0 Å². The number of aryl methyl sites for hydroxylation is 2. The van der Waals surface area contributed by atoms with E-state index in [0.717, 1.165) is 27.0 Å². The molecule has 5 heteroatoms. The molecule has 0 spiro atoms. The second kappa shape index (κ2) is 7.31. The molecule has 2 aromatic rings. The van der Waals surface area contributed by atoms with Gasteiger partial charge >= 0.3 is 6.03 Å². The molecule has 0 atom stereocenters. The summed E-state index contributed by atoms with van der Waals surface area (Å²) >= 11 is 3.36. The Labute approximate surface area is 139 Å². The average Bonchev–Trinajstić information content (AvgIpc) is 2.47. The zero-order valence-electron chi connectivity index (χ0n) is 12.9. The second-order valence-electron chi connectivity index (χ2n) is 5.08. The number of halogens is 1. The standard InChI is InChI=1S/C17H19BrN2O2/c1-11-7-8-12(2)16(13(11)3)22-10-19-17(21)20-15-6-4-5-14(18)9-15/h4-9H,10H2,1-3H3,(H2,19,20,21). The number of ether oxygens (including phenoxy) is 1. The van der Waals surface area contributed by atoms with E-state index >= 15 is 0 Å². The maximum atomic E-state index is 11.8. The van der Waals surface area contributed by atoms with Crippen molar-refractivity contribution in [2.75, 3.05) is 12.0 Å². The number of amides is 2. The minimum Gasteiger partial charge on any atom is -0.473 e. The van der Waals surface area contributed by atoms with Gasteiger partial charge in [0.05, 0.1) is 0 Å². The summed E-state index contributed by atoms with van der Waals surface area (Å²) in [4.78, 5) is 11.8. The third-order valence-corrected chi connectivity index (χ3v) is 3.90. The van der Waals surface area contributed by atoms with Gasteiger partial charge in [-0.2, -0.15) is 0 Å². The van der Waals surface area contributed by atoms with Crippen molar-refractivity contribution in [1.29, 1.82) is 0 Å².